The minimum absolute atomic E-state index is 0. The summed E-state index contributed by atoms with van der Waals surface area (Å²) in [7, 11) is -32.0. The second kappa shape index (κ2) is 17.5. The second-order valence-corrected chi connectivity index (χ2v) is 17.6. The zero-order valence-electron chi connectivity index (χ0n) is 21.9. The first-order valence-corrected chi connectivity index (χ1v) is 18.9. The molecule has 3 fully saturated rings. The van der Waals surface area contributed by atoms with Crippen molar-refractivity contribution in [3.05, 3.63) is 0 Å². The molecule has 2 aliphatic heterocycles. The van der Waals surface area contributed by atoms with E-state index in [4.69, 9.17) is 9.05 Å². The molecule has 19 nitrogen and oxygen atoms in total. The first-order valence-electron chi connectivity index (χ1n) is 8.59. The van der Waals surface area contributed by atoms with Crippen molar-refractivity contribution in [3.63, 3.8) is 0 Å². The van der Waals surface area contributed by atoms with Crippen LogP contribution in [-0.4, -0.2) is 56.6 Å². The van der Waals surface area contributed by atoms with Gasteiger partial charge >= 0.3 is 155 Å². The molecule has 0 aromatic carbocycles. The predicted molar refractivity (Wildman–Crippen MR) is 94.8 cm³/mol. The molecule has 3 aliphatic rings. The normalized spacial score (nSPS) is 44.0. The summed E-state index contributed by atoms with van der Waals surface area (Å²) >= 11 is 0. The van der Waals surface area contributed by atoms with Crippen LogP contribution in [0.15, 0.2) is 0 Å². The molecule has 0 amide bonds. The molecule has 1 aliphatic carbocycles. The number of hydrogen-bond acceptors (Lipinski definition) is 19. The first-order chi connectivity index (χ1) is 15.0. The number of fused-ring (bicyclic) bond motifs is 3. The first kappa shape index (κ1) is 49.2. The minimum atomic E-state index is -6.08. The topological polar surface area (TPSA) is 292 Å². The van der Waals surface area contributed by atoms with E-state index in [9.17, 15) is 51.9 Å². The molecular weight excluding hydrogens is 713 g/mol. The summed E-state index contributed by atoms with van der Waals surface area (Å²) in [6.45, 7) is 2.46. The van der Waals surface area contributed by atoms with Crippen molar-refractivity contribution in [1.82, 2.24) is 0 Å². The van der Waals surface area contributed by atoms with Crippen LogP contribution in [0.2, 0.25) is 0 Å². The van der Waals surface area contributed by atoms with Gasteiger partial charge in [-0.05, 0) is 0 Å². The maximum Gasteiger partial charge on any atom is 1.00 e. The van der Waals surface area contributed by atoms with Gasteiger partial charge in [0.1, 0.15) is 36.6 Å². The third-order valence-electron chi connectivity index (χ3n) is 4.08. The Bertz CT molecular complexity index is 1040. The molecule has 10 atom stereocenters. The fourth-order valence-corrected chi connectivity index (χ4v) is 10.0. The van der Waals surface area contributed by atoms with Crippen LogP contribution in [0.25, 0.3) is 0 Å². The van der Waals surface area contributed by atoms with Crippen LogP contribution in [0.1, 0.15) is 0 Å². The smallest absolute Gasteiger partial charge is 0.790 e. The molecule has 3 rings (SSSR count). The maximum atomic E-state index is 12.5. The molecule has 0 radical (unpaired) electrons. The van der Waals surface area contributed by atoms with Gasteiger partial charge in [-0.2, -0.15) is 0 Å². The van der Waals surface area contributed by atoms with Gasteiger partial charge < -0.3 is 51.7 Å². The Morgan fingerprint density at radius 2 is 0.949 bits per heavy atom. The SMILES string of the molecule is CP(C)(=O)OC1C(OP(=O)([O-])[O-])C2OP(C)(=O)OP(=O)([O-])OC2C2OP(=O)([O-])OP(=O)([O-])OC12.[Na+].[Na+].[Na+].[Na+].[Na+]. The average molecular weight is 728 g/mol. The van der Waals surface area contributed by atoms with Crippen molar-refractivity contribution in [3.8, 4) is 0 Å². The van der Waals surface area contributed by atoms with E-state index in [2.05, 4.69) is 26.7 Å². The molecule has 0 spiro atoms. The van der Waals surface area contributed by atoms with Gasteiger partial charge in [-0.25, -0.2) is 8.62 Å². The molecule has 1 saturated carbocycles. The summed E-state index contributed by atoms with van der Waals surface area (Å²) in [6, 6.07) is 0. The Kier molecular flexibility index (Phi) is 22.1. The molecule has 2 heterocycles. The van der Waals surface area contributed by atoms with Gasteiger partial charge in [0, 0.05) is 20.0 Å². The summed E-state index contributed by atoms with van der Waals surface area (Å²) in [4.78, 5) is 59.0. The molecule has 39 heavy (non-hydrogen) atoms. The van der Waals surface area contributed by atoms with Crippen LogP contribution in [0.3, 0.4) is 0 Å². The Balaban J connectivity index is -0.00000259. The monoisotopic (exact) mass is 728 g/mol. The summed E-state index contributed by atoms with van der Waals surface area (Å²) in [5.41, 5.74) is 0. The zero-order chi connectivity index (χ0) is 26.1. The minimum Gasteiger partial charge on any atom is -0.790 e. The van der Waals surface area contributed by atoms with Crippen LogP contribution < -0.4 is 172 Å². The molecule has 0 bridgehead atoms. The van der Waals surface area contributed by atoms with E-state index in [1.807, 2.05) is 0 Å². The summed E-state index contributed by atoms with van der Waals surface area (Å²) in [6.07, 6.45) is -14.4. The maximum absolute atomic E-state index is 12.5. The number of phosphoric ester groups is 4. The zero-order valence-corrected chi connectivity index (χ0v) is 37.3. The van der Waals surface area contributed by atoms with Crippen LogP contribution in [0.4, 0.5) is 0 Å². The molecular formula is C9H15Na5O19P6. The molecule has 0 aromatic heterocycles. The fourth-order valence-electron chi connectivity index (χ4n) is 3.33. The largest absolute Gasteiger partial charge is 1.00 e. The average Bonchev–Trinajstić information content (AvgIpc) is 2.68. The Hall–Kier alpha value is 5.86. The standard InChI is InChI=1S/C9H20O19P6.5Na/c1-29(2,10)21-4-6(23-31(12,13)14)5-8(24-32(15,16)27-30(3,11)22-5)9-7(4)25-33(17,18)28-34(19,20)26-9;;;;;/h4-9H,1-3H3,(H,15,16)(H,17,18)(H,19,20)(H2,12,13,14);;;;;/q;5*+1/p-5. The van der Waals surface area contributed by atoms with Crippen molar-refractivity contribution in [2.45, 2.75) is 36.6 Å². The molecule has 0 N–H and O–H groups in total. The van der Waals surface area contributed by atoms with E-state index < -0.39 is 82.9 Å². The van der Waals surface area contributed by atoms with Gasteiger partial charge in [-0.3, -0.25) is 27.3 Å². The van der Waals surface area contributed by atoms with Gasteiger partial charge in [0.2, 0.25) is 0 Å². The van der Waals surface area contributed by atoms with E-state index in [0.717, 1.165) is 13.3 Å². The van der Waals surface area contributed by atoms with Crippen LogP contribution >= 0.6 is 46.3 Å². The Morgan fingerprint density at radius 1 is 0.615 bits per heavy atom. The summed E-state index contributed by atoms with van der Waals surface area (Å²) in [5, 5.41) is 0. The third kappa shape index (κ3) is 14.9. The quantitative estimate of drug-likeness (QED) is 0.192. The molecule has 10 unspecified atom stereocenters. The molecule has 200 valence electrons. The van der Waals surface area contributed by atoms with Gasteiger partial charge in [0.15, 0.2) is 7.37 Å². The summed E-state index contributed by atoms with van der Waals surface area (Å²) < 4.78 is 109. The van der Waals surface area contributed by atoms with E-state index >= 15 is 0 Å². The number of phosphoric acid groups is 4. The van der Waals surface area contributed by atoms with E-state index in [1.165, 1.54) is 0 Å². The van der Waals surface area contributed by atoms with Gasteiger partial charge in [-0.1, -0.05) is 0 Å². The van der Waals surface area contributed by atoms with E-state index in [-0.39, 0.29) is 148 Å². The van der Waals surface area contributed by atoms with Crippen LogP contribution in [0.5, 0.6) is 0 Å². The third-order valence-corrected chi connectivity index (χ3v) is 11.1. The fraction of sp³-hybridized carbons (Fsp3) is 1.00. The van der Waals surface area contributed by atoms with E-state index in [1.54, 1.807) is 0 Å². The Labute approximate surface area is 333 Å². The second-order valence-electron chi connectivity index (χ2n) is 7.40. The number of hydrogen-bond donors (Lipinski definition) is 0. The van der Waals surface area contributed by atoms with Gasteiger partial charge in [-0.15, -0.1) is 0 Å². The summed E-state index contributed by atoms with van der Waals surface area (Å²) in [5.74, 6) is 0. The van der Waals surface area contributed by atoms with Crippen molar-refractivity contribution in [2.24, 2.45) is 0 Å². The van der Waals surface area contributed by atoms with Gasteiger partial charge in [0.05, 0.1) is 7.82 Å². The predicted octanol–water partition coefficient (Wildman–Crippen LogP) is -17.0. The van der Waals surface area contributed by atoms with Crippen molar-refractivity contribution in [1.29, 1.82) is 0 Å². The van der Waals surface area contributed by atoms with E-state index in [0.29, 0.717) is 6.66 Å². The van der Waals surface area contributed by atoms with Crippen LogP contribution in [-0.2, 0) is 63.2 Å². The Morgan fingerprint density at radius 3 is 1.33 bits per heavy atom. The van der Waals surface area contributed by atoms with Crippen molar-refractivity contribution >= 4 is 46.3 Å². The van der Waals surface area contributed by atoms with Crippen LogP contribution in [0, 0.1) is 0 Å². The molecule has 0 aromatic rings. The molecule has 30 heteroatoms. The van der Waals surface area contributed by atoms with Crippen molar-refractivity contribution in [2.75, 3.05) is 20.0 Å². The van der Waals surface area contributed by atoms with Gasteiger partial charge in [0.25, 0.3) is 23.5 Å². The van der Waals surface area contributed by atoms with Crippen molar-refractivity contribution < 1.29 is 235 Å². The number of rotatable bonds is 4. The molecule has 2 saturated heterocycles.